The number of fused-ring (bicyclic) bond motifs is 1. The van der Waals surface area contributed by atoms with Crippen molar-refractivity contribution in [2.75, 3.05) is 0 Å². The first-order valence-electron chi connectivity index (χ1n) is 4.53. The van der Waals surface area contributed by atoms with Gasteiger partial charge in [0.25, 0.3) is 0 Å². The standard InChI is InChI=1S/C12H11NO/c1-2-5-10-8-9-13(14)12-7-4-3-6-11(10)12/h2-4,6-9H,1,5H2. The van der Waals surface area contributed by atoms with E-state index in [0.717, 1.165) is 22.1 Å². The number of benzene rings is 1. The van der Waals surface area contributed by atoms with Crippen LogP contribution in [0.5, 0.6) is 0 Å². The summed E-state index contributed by atoms with van der Waals surface area (Å²) in [5.41, 5.74) is 1.86. The van der Waals surface area contributed by atoms with E-state index in [0.29, 0.717) is 5.52 Å². The van der Waals surface area contributed by atoms with Crippen LogP contribution in [0.4, 0.5) is 0 Å². The van der Waals surface area contributed by atoms with Crippen LogP contribution in [0.25, 0.3) is 10.9 Å². The third kappa shape index (κ3) is 1.35. The van der Waals surface area contributed by atoms with Crippen LogP contribution in [-0.2, 0) is 6.42 Å². The van der Waals surface area contributed by atoms with E-state index in [1.165, 1.54) is 0 Å². The van der Waals surface area contributed by atoms with E-state index in [1.54, 1.807) is 6.20 Å². The van der Waals surface area contributed by atoms with E-state index in [2.05, 4.69) is 6.58 Å². The number of hydrogen-bond donors (Lipinski definition) is 0. The van der Waals surface area contributed by atoms with Crippen molar-refractivity contribution in [2.24, 2.45) is 0 Å². The fraction of sp³-hybridized carbons (Fsp3) is 0.0833. The summed E-state index contributed by atoms with van der Waals surface area (Å²) in [6.07, 6.45) is 4.18. The molecule has 0 atom stereocenters. The van der Waals surface area contributed by atoms with Gasteiger partial charge in [-0.1, -0.05) is 18.2 Å². The largest absolute Gasteiger partial charge is 0.618 e. The molecule has 0 saturated carbocycles. The topological polar surface area (TPSA) is 26.9 Å². The molecular formula is C12H11NO. The molecule has 0 N–H and O–H groups in total. The molecule has 2 rings (SSSR count). The SMILES string of the molecule is C=CCc1cc[n+]([O-])c2ccccc12. The van der Waals surface area contributed by atoms with E-state index in [1.807, 2.05) is 36.4 Å². The Morgan fingerprint density at radius 1 is 1.29 bits per heavy atom. The van der Waals surface area contributed by atoms with Gasteiger partial charge < -0.3 is 5.21 Å². The van der Waals surface area contributed by atoms with Crippen LogP contribution >= 0.6 is 0 Å². The average molecular weight is 185 g/mol. The Kier molecular flexibility index (Phi) is 2.19. The van der Waals surface area contributed by atoms with Gasteiger partial charge in [-0.2, -0.15) is 4.73 Å². The minimum absolute atomic E-state index is 0.715. The molecule has 1 aromatic carbocycles. The molecule has 0 bridgehead atoms. The summed E-state index contributed by atoms with van der Waals surface area (Å²) >= 11 is 0. The number of aromatic nitrogens is 1. The van der Waals surface area contributed by atoms with Crippen molar-refractivity contribution in [1.29, 1.82) is 0 Å². The lowest BCUT2D eigenvalue weighted by molar-refractivity contribution is -0.577. The number of rotatable bonds is 2. The predicted octanol–water partition coefficient (Wildman–Crippen LogP) is 2.20. The molecule has 0 aliphatic rings. The summed E-state index contributed by atoms with van der Waals surface area (Å²) in [4.78, 5) is 0. The van der Waals surface area contributed by atoms with Gasteiger partial charge in [0.1, 0.15) is 0 Å². The second-order valence-electron chi connectivity index (χ2n) is 3.18. The van der Waals surface area contributed by atoms with Crippen molar-refractivity contribution in [3.8, 4) is 0 Å². The smallest absolute Gasteiger partial charge is 0.224 e. The first-order chi connectivity index (χ1) is 6.83. The minimum Gasteiger partial charge on any atom is -0.618 e. The molecule has 2 heteroatoms. The molecule has 1 aromatic heterocycles. The second-order valence-corrected chi connectivity index (χ2v) is 3.18. The van der Waals surface area contributed by atoms with Gasteiger partial charge in [-0.05, 0) is 18.1 Å². The summed E-state index contributed by atoms with van der Waals surface area (Å²) < 4.78 is 0.891. The van der Waals surface area contributed by atoms with Crippen LogP contribution in [-0.4, -0.2) is 0 Å². The van der Waals surface area contributed by atoms with Crippen molar-refractivity contribution in [3.05, 3.63) is 60.0 Å². The van der Waals surface area contributed by atoms with Crippen molar-refractivity contribution in [3.63, 3.8) is 0 Å². The summed E-state index contributed by atoms with van der Waals surface area (Å²) in [5, 5.41) is 12.4. The molecule has 0 aliphatic carbocycles. The Morgan fingerprint density at radius 3 is 2.86 bits per heavy atom. The van der Waals surface area contributed by atoms with Crippen LogP contribution in [0, 0.1) is 5.21 Å². The van der Waals surface area contributed by atoms with Gasteiger partial charge in [0, 0.05) is 12.1 Å². The summed E-state index contributed by atoms with van der Waals surface area (Å²) in [5.74, 6) is 0. The molecule has 0 fully saturated rings. The minimum atomic E-state index is 0.715. The van der Waals surface area contributed by atoms with Crippen LogP contribution < -0.4 is 4.73 Å². The van der Waals surface area contributed by atoms with Crippen molar-refractivity contribution >= 4 is 10.9 Å². The van der Waals surface area contributed by atoms with Gasteiger partial charge in [0.2, 0.25) is 5.52 Å². The molecule has 2 nitrogen and oxygen atoms in total. The lowest BCUT2D eigenvalue weighted by atomic mass is 10.1. The molecule has 1 heterocycles. The maximum atomic E-state index is 11.4. The molecule has 0 spiro atoms. The molecule has 0 saturated heterocycles. The Morgan fingerprint density at radius 2 is 2.07 bits per heavy atom. The van der Waals surface area contributed by atoms with Crippen molar-refractivity contribution in [1.82, 2.24) is 0 Å². The van der Waals surface area contributed by atoms with Gasteiger partial charge in [-0.25, -0.2) is 0 Å². The quantitative estimate of drug-likeness (QED) is 0.400. The van der Waals surface area contributed by atoms with Gasteiger partial charge in [0.15, 0.2) is 6.20 Å². The Hall–Kier alpha value is -1.83. The van der Waals surface area contributed by atoms with Crippen LogP contribution in [0.2, 0.25) is 0 Å². The molecule has 0 radical (unpaired) electrons. The Bertz CT molecular complexity index is 477. The summed E-state index contributed by atoms with van der Waals surface area (Å²) in [6, 6.07) is 9.44. The molecule has 14 heavy (non-hydrogen) atoms. The molecule has 0 amide bonds. The molecule has 70 valence electrons. The highest BCUT2D eigenvalue weighted by Gasteiger charge is 2.05. The van der Waals surface area contributed by atoms with Crippen LogP contribution in [0.15, 0.2) is 49.2 Å². The first-order valence-corrected chi connectivity index (χ1v) is 4.53. The monoisotopic (exact) mass is 185 g/mol. The fourth-order valence-electron chi connectivity index (χ4n) is 1.60. The highest BCUT2D eigenvalue weighted by atomic mass is 16.5. The van der Waals surface area contributed by atoms with Gasteiger partial charge in [-0.3, -0.25) is 0 Å². The molecule has 0 aliphatic heterocycles. The van der Waals surface area contributed by atoms with Crippen molar-refractivity contribution in [2.45, 2.75) is 6.42 Å². The Labute approximate surface area is 82.7 Å². The van der Waals surface area contributed by atoms with E-state index in [9.17, 15) is 5.21 Å². The number of pyridine rings is 1. The number of allylic oxidation sites excluding steroid dienone is 1. The highest BCUT2D eigenvalue weighted by Crippen LogP contribution is 2.15. The molecular weight excluding hydrogens is 174 g/mol. The number of para-hydroxylation sites is 1. The maximum absolute atomic E-state index is 11.4. The van der Waals surface area contributed by atoms with Gasteiger partial charge in [-0.15, -0.1) is 6.58 Å². The second kappa shape index (κ2) is 3.50. The fourth-order valence-corrected chi connectivity index (χ4v) is 1.60. The third-order valence-corrected chi connectivity index (χ3v) is 2.26. The predicted molar refractivity (Wildman–Crippen MR) is 56.8 cm³/mol. The van der Waals surface area contributed by atoms with Crippen LogP contribution in [0.1, 0.15) is 5.56 Å². The number of hydrogen-bond acceptors (Lipinski definition) is 1. The third-order valence-electron chi connectivity index (χ3n) is 2.26. The zero-order valence-corrected chi connectivity index (χ0v) is 7.81. The summed E-state index contributed by atoms with van der Waals surface area (Å²) in [6.45, 7) is 3.70. The van der Waals surface area contributed by atoms with Gasteiger partial charge >= 0.3 is 0 Å². The zero-order valence-electron chi connectivity index (χ0n) is 7.81. The maximum Gasteiger partial charge on any atom is 0.224 e. The average Bonchev–Trinajstić information content (AvgIpc) is 2.23. The lowest BCUT2D eigenvalue weighted by Gasteiger charge is -2.04. The lowest BCUT2D eigenvalue weighted by Crippen LogP contribution is -2.26. The zero-order chi connectivity index (χ0) is 9.97. The highest BCUT2D eigenvalue weighted by molar-refractivity contribution is 5.79. The van der Waals surface area contributed by atoms with Crippen LogP contribution in [0.3, 0.4) is 0 Å². The Balaban J connectivity index is 2.74. The first kappa shape index (κ1) is 8.75. The number of nitrogens with zero attached hydrogens (tertiary/aromatic N) is 1. The summed E-state index contributed by atoms with van der Waals surface area (Å²) in [7, 11) is 0. The van der Waals surface area contributed by atoms with Gasteiger partial charge in [0.05, 0.1) is 5.39 Å². The van der Waals surface area contributed by atoms with E-state index in [-0.39, 0.29) is 0 Å². The van der Waals surface area contributed by atoms with E-state index < -0.39 is 0 Å². The van der Waals surface area contributed by atoms with E-state index >= 15 is 0 Å². The van der Waals surface area contributed by atoms with Crippen molar-refractivity contribution < 1.29 is 4.73 Å². The molecule has 0 unspecified atom stereocenters. The van der Waals surface area contributed by atoms with E-state index in [4.69, 9.17) is 0 Å². The normalized spacial score (nSPS) is 10.3. The molecule has 2 aromatic rings.